The van der Waals surface area contributed by atoms with Gasteiger partial charge in [0.05, 0.1) is 0 Å². The van der Waals surface area contributed by atoms with Crippen LogP contribution in [0.5, 0.6) is 0 Å². The summed E-state index contributed by atoms with van der Waals surface area (Å²) in [6.07, 6.45) is 1.71. The van der Waals surface area contributed by atoms with Crippen LogP contribution in [0.3, 0.4) is 0 Å². The molecule has 3 nitrogen and oxygen atoms in total. The van der Waals surface area contributed by atoms with Crippen molar-refractivity contribution in [1.82, 2.24) is 5.32 Å². The lowest BCUT2D eigenvalue weighted by atomic mass is 10.1. The summed E-state index contributed by atoms with van der Waals surface area (Å²) in [4.78, 5) is 11.4. The monoisotopic (exact) mass is 279 g/mol. The van der Waals surface area contributed by atoms with E-state index in [9.17, 15) is 14.3 Å². The number of fused-ring (bicyclic) bond motifs is 1. The van der Waals surface area contributed by atoms with E-state index in [0.717, 1.165) is 11.3 Å². The second-order valence-electron chi connectivity index (χ2n) is 4.23. The molecule has 1 heterocycles. The van der Waals surface area contributed by atoms with E-state index >= 15 is 0 Å². The van der Waals surface area contributed by atoms with E-state index in [-0.39, 0.29) is 16.7 Å². The van der Waals surface area contributed by atoms with Gasteiger partial charge < -0.3 is 10.4 Å². The highest BCUT2D eigenvalue weighted by molar-refractivity contribution is 7.21. The van der Waals surface area contributed by atoms with E-state index in [4.69, 9.17) is 0 Å². The molecule has 0 aliphatic carbocycles. The highest BCUT2D eigenvalue weighted by Crippen LogP contribution is 2.33. The summed E-state index contributed by atoms with van der Waals surface area (Å²) in [7, 11) is 0. The number of carboxylic acids is 1. The Morgan fingerprint density at radius 1 is 1.63 bits per heavy atom. The molecular formula is C14H14FNO2S. The number of hydrogen-bond donors (Lipinski definition) is 2. The Labute approximate surface area is 114 Å². The smallest absolute Gasteiger partial charge is 0.346 e. The topological polar surface area (TPSA) is 49.3 Å². The van der Waals surface area contributed by atoms with Gasteiger partial charge in [-0.3, -0.25) is 0 Å². The van der Waals surface area contributed by atoms with Crippen LogP contribution < -0.4 is 5.32 Å². The van der Waals surface area contributed by atoms with Crippen molar-refractivity contribution in [3.05, 3.63) is 47.1 Å². The van der Waals surface area contributed by atoms with Crippen LogP contribution in [-0.2, 0) is 6.54 Å². The third-order valence-electron chi connectivity index (χ3n) is 2.91. The van der Waals surface area contributed by atoms with E-state index in [1.165, 1.54) is 6.07 Å². The maximum atomic E-state index is 13.9. The van der Waals surface area contributed by atoms with Crippen molar-refractivity contribution in [2.45, 2.75) is 19.5 Å². The molecule has 1 aromatic carbocycles. The summed E-state index contributed by atoms with van der Waals surface area (Å²) < 4.78 is 14.5. The molecule has 1 unspecified atom stereocenters. The predicted octanol–water partition coefficient (Wildman–Crippen LogP) is 3.40. The van der Waals surface area contributed by atoms with E-state index < -0.39 is 5.97 Å². The first-order valence-corrected chi connectivity index (χ1v) is 6.65. The summed E-state index contributed by atoms with van der Waals surface area (Å²) in [6.45, 7) is 5.85. The Morgan fingerprint density at radius 2 is 2.37 bits per heavy atom. The zero-order valence-electron chi connectivity index (χ0n) is 10.4. The summed E-state index contributed by atoms with van der Waals surface area (Å²) in [5.74, 6) is -1.41. The first-order valence-electron chi connectivity index (χ1n) is 5.83. The number of carboxylic acid groups (broad SMARTS) is 1. The minimum atomic E-state index is -1.02. The molecule has 2 N–H and O–H groups in total. The van der Waals surface area contributed by atoms with Crippen LogP contribution in [0.2, 0.25) is 0 Å². The SMILES string of the molecule is C=CC(C)NCc1c(C(=O)O)sc2cccc(F)c12. The number of rotatable bonds is 5. The molecule has 0 aliphatic rings. The van der Waals surface area contributed by atoms with Gasteiger partial charge in [-0.2, -0.15) is 0 Å². The molecule has 0 aliphatic heterocycles. The molecule has 100 valence electrons. The fourth-order valence-corrected chi connectivity index (χ4v) is 2.93. The van der Waals surface area contributed by atoms with Crippen molar-refractivity contribution in [2.75, 3.05) is 0 Å². The van der Waals surface area contributed by atoms with E-state index in [1.807, 2.05) is 6.92 Å². The Balaban J connectivity index is 2.51. The molecule has 5 heteroatoms. The third kappa shape index (κ3) is 2.67. The lowest BCUT2D eigenvalue weighted by molar-refractivity contribution is 0.0701. The molecule has 0 spiro atoms. The second-order valence-corrected chi connectivity index (χ2v) is 5.29. The van der Waals surface area contributed by atoms with Gasteiger partial charge in [0.1, 0.15) is 10.7 Å². The van der Waals surface area contributed by atoms with Crippen LogP contribution in [-0.4, -0.2) is 17.1 Å². The maximum Gasteiger partial charge on any atom is 0.346 e. The Morgan fingerprint density at radius 3 is 3.00 bits per heavy atom. The fraction of sp³-hybridized carbons (Fsp3) is 0.214. The molecule has 1 atom stereocenters. The Bertz CT molecular complexity index is 636. The lowest BCUT2D eigenvalue weighted by Crippen LogP contribution is -2.23. The average Bonchev–Trinajstić information content (AvgIpc) is 2.76. The number of benzene rings is 1. The van der Waals surface area contributed by atoms with Gasteiger partial charge in [0.2, 0.25) is 0 Å². The molecule has 1 aromatic heterocycles. The Hall–Kier alpha value is -1.72. The molecule has 0 fully saturated rings. The lowest BCUT2D eigenvalue weighted by Gasteiger charge is -2.09. The molecule has 0 radical (unpaired) electrons. The number of carbonyl (C=O) groups is 1. The normalized spacial score (nSPS) is 12.5. The van der Waals surface area contributed by atoms with Gasteiger partial charge in [0.25, 0.3) is 0 Å². The standard InChI is InChI=1S/C14H14FNO2S/c1-3-8(2)16-7-9-12-10(15)5-4-6-11(12)19-13(9)14(17)18/h3-6,8,16H,1,7H2,2H3,(H,17,18). The minimum Gasteiger partial charge on any atom is -0.477 e. The van der Waals surface area contributed by atoms with Crippen LogP contribution in [0, 0.1) is 5.82 Å². The van der Waals surface area contributed by atoms with Crippen molar-refractivity contribution in [3.8, 4) is 0 Å². The third-order valence-corrected chi connectivity index (χ3v) is 4.10. The molecule has 19 heavy (non-hydrogen) atoms. The van der Waals surface area contributed by atoms with Crippen LogP contribution in [0.1, 0.15) is 22.2 Å². The maximum absolute atomic E-state index is 13.9. The molecule has 0 saturated heterocycles. The van der Waals surface area contributed by atoms with Crippen molar-refractivity contribution < 1.29 is 14.3 Å². The van der Waals surface area contributed by atoms with Crippen LogP contribution >= 0.6 is 11.3 Å². The molecule has 0 saturated carbocycles. The van der Waals surface area contributed by atoms with Crippen molar-refractivity contribution in [2.24, 2.45) is 0 Å². The van der Waals surface area contributed by atoms with Crippen LogP contribution in [0.15, 0.2) is 30.9 Å². The molecule has 0 amide bonds. The summed E-state index contributed by atoms with van der Waals surface area (Å²) in [5, 5.41) is 12.7. The van der Waals surface area contributed by atoms with Gasteiger partial charge in [-0.05, 0) is 19.1 Å². The Kier molecular flexibility index (Phi) is 3.97. The fourth-order valence-electron chi connectivity index (χ4n) is 1.86. The van der Waals surface area contributed by atoms with Gasteiger partial charge >= 0.3 is 5.97 Å². The average molecular weight is 279 g/mol. The summed E-state index contributed by atoms with van der Waals surface area (Å²) in [5.41, 5.74) is 0.499. The van der Waals surface area contributed by atoms with E-state index in [0.29, 0.717) is 22.2 Å². The molecule has 2 aromatic rings. The predicted molar refractivity (Wildman–Crippen MR) is 75.2 cm³/mol. The quantitative estimate of drug-likeness (QED) is 0.825. The highest BCUT2D eigenvalue weighted by atomic mass is 32.1. The summed E-state index contributed by atoms with van der Waals surface area (Å²) >= 11 is 1.10. The number of hydrogen-bond acceptors (Lipinski definition) is 3. The zero-order valence-corrected chi connectivity index (χ0v) is 11.3. The number of aromatic carboxylic acids is 1. The van der Waals surface area contributed by atoms with E-state index in [1.54, 1.807) is 18.2 Å². The van der Waals surface area contributed by atoms with Crippen LogP contribution in [0.4, 0.5) is 4.39 Å². The van der Waals surface area contributed by atoms with Gasteiger partial charge in [-0.1, -0.05) is 12.1 Å². The van der Waals surface area contributed by atoms with Gasteiger partial charge in [-0.25, -0.2) is 9.18 Å². The largest absolute Gasteiger partial charge is 0.477 e. The molecular weight excluding hydrogens is 265 g/mol. The minimum absolute atomic E-state index is 0.0309. The van der Waals surface area contributed by atoms with Crippen molar-refractivity contribution >= 4 is 27.4 Å². The first-order chi connectivity index (χ1) is 9.04. The second kappa shape index (κ2) is 5.50. The molecule has 0 bridgehead atoms. The number of halogens is 1. The van der Waals surface area contributed by atoms with Gasteiger partial charge in [-0.15, -0.1) is 17.9 Å². The zero-order chi connectivity index (χ0) is 14.0. The van der Waals surface area contributed by atoms with Crippen molar-refractivity contribution in [3.63, 3.8) is 0 Å². The summed E-state index contributed by atoms with van der Waals surface area (Å²) in [6, 6.07) is 4.70. The van der Waals surface area contributed by atoms with Gasteiger partial charge in [0.15, 0.2) is 0 Å². The highest BCUT2D eigenvalue weighted by Gasteiger charge is 2.20. The van der Waals surface area contributed by atoms with Crippen LogP contribution in [0.25, 0.3) is 10.1 Å². The molecule has 2 rings (SSSR count). The van der Waals surface area contributed by atoms with Crippen molar-refractivity contribution in [1.29, 1.82) is 0 Å². The first kappa shape index (κ1) is 13.7. The number of nitrogens with one attached hydrogen (secondary N) is 1. The number of thiophene rings is 1. The van der Waals surface area contributed by atoms with Gasteiger partial charge in [0, 0.05) is 28.2 Å². The van der Waals surface area contributed by atoms with E-state index in [2.05, 4.69) is 11.9 Å².